The fourth-order valence-electron chi connectivity index (χ4n) is 1.39. The predicted octanol–water partition coefficient (Wildman–Crippen LogP) is 1.94. The van der Waals surface area contributed by atoms with Gasteiger partial charge >= 0.3 is 6.09 Å². The monoisotopic (exact) mass is 208 g/mol. The largest absolute Gasteiger partial charge is 0.453 e. The van der Waals surface area contributed by atoms with Crippen molar-refractivity contribution in [2.75, 3.05) is 12.4 Å². The summed E-state index contributed by atoms with van der Waals surface area (Å²) in [5.41, 5.74) is 9.61. The zero-order chi connectivity index (χ0) is 11.4. The topological polar surface area (TPSA) is 64.3 Å². The van der Waals surface area contributed by atoms with Crippen LogP contribution in [-0.4, -0.2) is 13.2 Å². The third-order valence-electron chi connectivity index (χ3n) is 2.43. The average Bonchev–Trinajstić information content (AvgIpc) is 2.22. The molecule has 0 aromatic heterocycles. The summed E-state index contributed by atoms with van der Waals surface area (Å²) >= 11 is 0. The molecule has 0 aliphatic heterocycles. The number of rotatable bonds is 2. The fraction of sp³-hybridized carbons (Fsp3) is 0.364. The molecule has 0 aliphatic carbocycles. The molecule has 0 saturated heterocycles. The van der Waals surface area contributed by atoms with Crippen LogP contribution in [0.25, 0.3) is 0 Å². The van der Waals surface area contributed by atoms with Gasteiger partial charge in [-0.15, -0.1) is 0 Å². The maximum absolute atomic E-state index is 11.0. The van der Waals surface area contributed by atoms with Crippen LogP contribution in [-0.2, 0) is 11.3 Å². The smallest absolute Gasteiger partial charge is 0.411 e. The number of ether oxygens (including phenoxy) is 1. The van der Waals surface area contributed by atoms with Crippen molar-refractivity contribution in [2.24, 2.45) is 5.73 Å². The van der Waals surface area contributed by atoms with E-state index in [1.165, 1.54) is 7.11 Å². The Morgan fingerprint density at radius 2 is 2.13 bits per heavy atom. The lowest BCUT2D eigenvalue weighted by atomic mass is 10.0. The Morgan fingerprint density at radius 3 is 2.67 bits per heavy atom. The number of methoxy groups -OCH3 is 1. The number of amides is 1. The van der Waals surface area contributed by atoms with Gasteiger partial charge in [0.05, 0.1) is 7.11 Å². The predicted molar refractivity (Wildman–Crippen MR) is 59.8 cm³/mol. The minimum absolute atomic E-state index is 0.462. The molecule has 82 valence electrons. The minimum atomic E-state index is -0.471. The summed E-state index contributed by atoms with van der Waals surface area (Å²) in [4.78, 5) is 11.0. The number of carbonyl (C=O) groups is 1. The van der Waals surface area contributed by atoms with Gasteiger partial charge in [0, 0.05) is 12.2 Å². The molecule has 1 amide bonds. The Labute approximate surface area is 89.4 Å². The van der Waals surface area contributed by atoms with Gasteiger partial charge < -0.3 is 10.5 Å². The Hall–Kier alpha value is -1.55. The first-order valence-corrected chi connectivity index (χ1v) is 4.73. The fourth-order valence-corrected chi connectivity index (χ4v) is 1.39. The molecule has 4 nitrogen and oxygen atoms in total. The lowest BCUT2D eigenvalue weighted by molar-refractivity contribution is 0.187. The van der Waals surface area contributed by atoms with E-state index in [1.54, 1.807) is 0 Å². The molecule has 0 bridgehead atoms. The second-order valence-corrected chi connectivity index (χ2v) is 3.40. The van der Waals surface area contributed by atoms with Crippen LogP contribution in [0.2, 0.25) is 0 Å². The molecule has 0 saturated carbocycles. The highest BCUT2D eigenvalue weighted by atomic mass is 16.5. The SMILES string of the molecule is COC(=O)Nc1cc(C)c(C)c(CN)c1. The second kappa shape index (κ2) is 4.79. The number of hydrogen-bond donors (Lipinski definition) is 2. The molecule has 1 rings (SSSR count). The minimum Gasteiger partial charge on any atom is -0.453 e. The van der Waals surface area contributed by atoms with Crippen LogP contribution in [0.5, 0.6) is 0 Å². The second-order valence-electron chi connectivity index (χ2n) is 3.40. The Morgan fingerprint density at radius 1 is 1.47 bits per heavy atom. The van der Waals surface area contributed by atoms with E-state index >= 15 is 0 Å². The molecule has 3 N–H and O–H groups in total. The third-order valence-corrected chi connectivity index (χ3v) is 2.43. The van der Waals surface area contributed by atoms with E-state index in [2.05, 4.69) is 10.1 Å². The third kappa shape index (κ3) is 2.70. The van der Waals surface area contributed by atoms with Crippen molar-refractivity contribution in [1.29, 1.82) is 0 Å². The first kappa shape index (κ1) is 11.5. The van der Waals surface area contributed by atoms with Gasteiger partial charge in [-0.05, 0) is 42.7 Å². The number of aryl methyl sites for hydroxylation is 1. The zero-order valence-electron chi connectivity index (χ0n) is 9.26. The van der Waals surface area contributed by atoms with Gasteiger partial charge in [0.2, 0.25) is 0 Å². The number of nitrogens with two attached hydrogens (primary N) is 1. The summed E-state index contributed by atoms with van der Waals surface area (Å²) in [7, 11) is 1.33. The first-order chi connectivity index (χ1) is 7.08. The normalized spacial score (nSPS) is 9.87. The maximum Gasteiger partial charge on any atom is 0.411 e. The summed E-state index contributed by atoms with van der Waals surface area (Å²) in [6, 6.07) is 3.75. The Balaban J connectivity index is 3.00. The van der Waals surface area contributed by atoms with E-state index in [4.69, 9.17) is 5.73 Å². The van der Waals surface area contributed by atoms with E-state index in [9.17, 15) is 4.79 Å². The highest BCUT2D eigenvalue weighted by Gasteiger charge is 2.05. The van der Waals surface area contributed by atoms with Gasteiger partial charge in [0.1, 0.15) is 0 Å². The standard InChI is InChI=1S/C11H16N2O2/c1-7-4-10(13-11(14)15-3)5-9(6-12)8(7)2/h4-5H,6,12H2,1-3H3,(H,13,14). The molecular weight excluding hydrogens is 192 g/mol. The van der Waals surface area contributed by atoms with Crippen LogP contribution < -0.4 is 11.1 Å². The molecule has 0 radical (unpaired) electrons. The van der Waals surface area contributed by atoms with Crippen LogP contribution in [0.1, 0.15) is 16.7 Å². The van der Waals surface area contributed by atoms with E-state index in [0.29, 0.717) is 12.2 Å². The maximum atomic E-state index is 11.0. The zero-order valence-corrected chi connectivity index (χ0v) is 9.26. The van der Waals surface area contributed by atoms with Crippen LogP contribution in [0.4, 0.5) is 10.5 Å². The van der Waals surface area contributed by atoms with E-state index in [1.807, 2.05) is 26.0 Å². The molecule has 0 atom stereocenters. The number of benzene rings is 1. The molecule has 0 aliphatic rings. The van der Waals surface area contributed by atoms with Gasteiger partial charge in [0.25, 0.3) is 0 Å². The molecular formula is C11H16N2O2. The number of nitrogens with one attached hydrogen (secondary N) is 1. The van der Waals surface area contributed by atoms with Gasteiger partial charge in [0.15, 0.2) is 0 Å². The van der Waals surface area contributed by atoms with Crippen molar-refractivity contribution in [1.82, 2.24) is 0 Å². The summed E-state index contributed by atoms with van der Waals surface area (Å²) in [5.74, 6) is 0. The molecule has 0 spiro atoms. The van der Waals surface area contributed by atoms with Gasteiger partial charge in [-0.1, -0.05) is 0 Å². The summed E-state index contributed by atoms with van der Waals surface area (Å²) in [6.07, 6.45) is -0.471. The molecule has 4 heteroatoms. The molecule has 0 heterocycles. The van der Waals surface area contributed by atoms with Crippen molar-refractivity contribution in [3.63, 3.8) is 0 Å². The van der Waals surface area contributed by atoms with Crippen LogP contribution in [0.3, 0.4) is 0 Å². The summed E-state index contributed by atoms with van der Waals surface area (Å²) < 4.78 is 4.52. The first-order valence-electron chi connectivity index (χ1n) is 4.73. The quantitative estimate of drug-likeness (QED) is 0.780. The molecule has 1 aromatic rings. The van der Waals surface area contributed by atoms with Crippen molar-refractivity contribution in [3.8, 4) is 0 Å². The Kier molecular flexibility index (Phi) is 3.68. The lowest BCUT2D eigenvalue weighted by Gasteiger charge is -2.11. The number of anilines is 1. The van der Waals surface area contributed by atoms with Crippen LogP contribution in [0, 0.1) is 13.8 Å². The van der Waals surface area contributed by atoms with Gasteiger partial charge in [-0.25, -0.2) is 4.79 Å². The van der Waals surface area contributed by atoms with Crippen LogP contribution >= 0.6 is 0 Å². The molecule has 0 unspecified atom stereocenters. The highest BCUT2D eigenvalue weighted by molar-refractivity contribution is 5.84. The van der Waals surface area contributed by atoms with Crippen LogP contribution in [0.15, 0.2) is 12.1 Å². The summed E-state index contributed by atoms with van der Waals surface area (Å²) in [5, 5.41) is 2.62. The van der Waals surface area contributed by atoms with E-state index < -0.39 is 6.09 Å². The molecule has 0 fully saturated rings. The number of carbonyl (C=O) groups excluding carboxylic acids is 1. The van der Waals surface area contributed by atoms with Crippen molar-refractivity contribution in [3.05, 3.63) is 28.8 Å². The summed E-state index contributed by atoms with van der Waals surface area (Å²) in [6.45, 7) is 4.46. The van der Waals surface area contributed by atoms with Gasteiger partial charge in [-0.2, -0.15) is 0 Å². The van der Waals surface area contributed by atoms with E-state index in [-0.39, 0.29) is 0 Å². The average molecular weight is 208 g/mol. The van der Waals surface area contributed by atoms with Crippen molar-refractivity contribution >= 4 is 11.8 Å². The van der Waals surface area contributed by atoms with Crippen molar-refractivity contribution < 1.29 is 9.53 Å². The highest BCUT2D eigenvalue weighted by Crippen LogP contribution is 2.19. The Bertz CT molecular complexity index is 375. The lowest BCUT2D eigenvalue weighted by Crippen LogP contribution is -2.12. The van der Waals surface area contributed by atoms with Crippen molar-refractivity contribution in [2.45, 2.75) is 20.4 Å². The molecule has 15 heavy (non-hydrogen) atoms. The number of hydrogen-bond acceptors (Lipinski definition) is 3. The van der Waals surface area contributed by atoms with Gasteiger partial charge in [-0.3, -0.25) is 5.32 Å². The molecule has 1 aromatic carbocycles. The van der Waals surface area contributed by atoms with E-state index in [0.717, 1.165) is 16.7 Å².